The first-order valence-electron chi connectivity index (χ1n) is 8.32. The average Bonchev–Trinajstić information content (AvgIpc) is 2.97. The maximum Gasteiger partial charge on any atom is 0.246 e. The lowest BCUT2D eigenvalue weighted by Gasteiger charge is -2.34. The fourth-order valence-corrected chi connectivity index (χ4v) is 3.72. The van der Waals surface area contributed by atoms with Crippen molar-refractivity contribution in [2.45, 2.75) is 51.5 Å². The molecule has 1 aromatic carbocycles. The fraction of sp³-hybridized carbons (Fsp3) is 0.556. The van der Waals surface area contributed by atoms with Crippen molar-refractivity contribution in [2.24, 2.45) is 0 Å². The molecular weight excluding hydrogens is 276 g/mol. The summed E-state index contributed by atoms with van der Waals surface area (Å²) in [5, 5.41) is 0. The van der Waals surface area contributed by atoms with Gasteiger partial charge in [-0.2, -0.15) is 0 Å². The van der Waals surface area contributed by atoms with Crippen LogP contribution in [0, 0.1) is 0 Å². The number of benzene rings is 1. The third kappa shape index (κ3) is 3.01. The zero-order chi connectivity index (χ0) is 15.5. The van der Waals surface area contributed by atoms with Crippen molar-refractivity contribution in [1.82, 2.24) is 4.90 Å². The molecule has 0 atom stereocenters. The topological polar surface area (TPSA) is 40.6 Å². The zero-order valence-corrected chi connectivity index (χ0v) is 13.3. The van der Waals surface area contributed by atoms with Gasteiger partial charge in [-0.15, -0.1) is 0 Å². The van der Waals surface area contributed by atoms with Crippen molar-refractivity contribution in [2.75, 3.05) is 18.0 Å². The quantitative estimate of drug-likeness (QED) is 0.861. The Kier molecular flexibility index (Phi) is 4.46. The Morgan fingerprint density at radius 1 is 1.18 bits per heavy atom. The van der Waals surface area contributed by atoms with Gasteiger partial charge in [0, 0.05) is 25.2 Å². The Hall–Kier alpha value is -1.84. The molecule has 0 unspecified atom stereocenters. The average molecular weight is 300 g/mol. The number of fused-ring (bicyclic) bond motifs is 1. The smallest absolute Gasteiger partial charge is 0.246 e. The van der Waals surface area contributed by atoms with Crippen LogP contribution in [0.5, 0.6) is 0 Å². The highest BCUT2D eigenvalue weighted by molar-refractivity contribution is 5.98. The molecule has 1 fully saturated rings. The summed E-state index contributed by atoms with van der Waals surface area (Å²) in [7, 11) is 0. The zero-order valence-electron chi connectivity index (χ0n) is 13.3. The van der Waals surface area contributed by atoms with Crippen LogP contribution in [-0.2, 0) is 16.0 Å². The molecule has 0 saturated heterocycles. The number of hydrogen-bond donors (Lipinski definition) is 0. The summed E-state index contributed by atoms with van der Waals surface area (Å²) in [5.41, 5.74) is 2.24. The number of anilines is 1. The Bertz CT molecular complexity index is 564. The normalized spacial score (nSPS) is 18.1. The van der Waals surface area contributed by atoms with Gasteiger partial charge in [0.2, 0.25) is 11.8 Å². The minimum atomic E-state index is 0.0210. The summed E-state index contributed by atoms with van der Waals surface area (Å²) in [6.45, 7) is 2.53. The molecule has 1 heterocycles. The van der Waals surface area contributed by atoms with E-state index in [1.165, 1.54) is 12.0 Å². The van der Waals surface area contributed by atoms with Gasteiger partial charge < -0.3 is 9.80 Å². The first-order chi connectivity index (χ1) is 10.7. The summed E-state index contributed by atoms with van der Waals surface area (Å²) in [4.78, 5) is 28.3. The molecule has 118 valence electrons. The van der Waals surface area contributed by atoms with Gasteiger partial charge in [0.1, 0.15) is 6.54 Å². The van der Waals surface area contributed by atoms with Crippen molar-refractivity contribution in [3.8, 4) is 0 Å². The van der Waals surface area contributed by atoms with Gasteiger partial charge in [0.05, 0.1) is 0 Å². The Morgan fingerprint density at radius 3 is 2.64 bits per heavy atom. The highest BCUT2D eigenvalue weighted by Crippen LogP contribution is 2.28. The third-order valence-electron chi connectivity index (χ3n) is 4.91. The molecule has 4 heteroatoms. The summed E-state index contributed by atoms with van der Waals surface area (Å²) < 4.78 is 0. The van der Waals surface area contributed by atoms with Crippen molar-refractivity contribution in [1.29, 1.82) is 0 Å². The lowest BCUT2D eigenvalue weighted by molar-refractivity contribution is -0.136. The van der Waals surface area contributed by atoms with Crippen LogP contribution in [0.1, 0.15) is 44.6 Å². The molecule has 1 aliphatic carbocycles. The second-order valence-electron chi connectivity index (χ2n) is 6.36. The van der Waals surface area contributed by atoms with Crippen LogP contribution < -0.4 is 4.90 Å². The number of hydrogen-bond acceptors (Lipinski definition) is 2. The van der Waals surface area contributed by atoms with E-state index in [9.17, 15) is 9.59 Å². The molecule has 22 heavy (non-hydrogen) atoms. The van der Waals surface area contributed by atoms with Crippen LogP contribution >= 0.6 is 0 Å². The molecule has 2 amide bonds. The summed E-state index contributed by atoms with van der Waals surface area (Å²) in [5.74, 6) is 0.0680. The Balaban J connectivity index is 1.71. The van der Waals surface area contributed by atoms with Crippen LogP contribution in [0.2, 0.25) is 0 Å². The van der Waals surface area contributed by atoms with E-state index in [2.05, 4.69) is 6.07 Å². The predicted octanol–water partition coefficient (Wildman–Crippen LogP) is 2.76. The van der Waals surface area contributed by atoms with Crippen LogP contribution in [0.15, 0.2) is 24.3 Å². The second-order valence-corrected chi connectivity index (χ2v) is 6.36. The van der Waals surface area contributed by atoms with Crippen LogP contribution in [0.4, 0.5) is 5.69 Å². The molecule has 0 bridgehead atoms. The van der Waals surface area contributed by atoms with Gasteiger partial charge in [-0.05, 0) is 30.9 Å². The molecule has 1 aliphatic heterocycles. The minimum absolute atomic E-state index is 0.0210. The highest BCUT2D eigenvalue weighted by atomic mass is 16.2. The molecule has 0 aromatic heterocycles. The standard InChI is InChI=1S/C18H24N2O2/c1-14(21)20(16-8-3-2-4-9-16)13-18(22)19-12-11-15-7-5-6-10-17(15)19/h5-7,10,16H,2-4,8-9,11-13H2,1H3. The lowest BCUT2D eigenvalue weighted by atomic mass is 9.94. The number of carbonyl (C=O) groups excluding carboxylic acids is 2. The van der Waals surface area contributed by atoms with E-state index in [4.69, 9.17) is 0 Å². The van der Waals surface area contributed by atoms with E-state index in [0.717, 1.165) is 44.3 Å². The van der Waals surface area contributed by atoms with Gasteiger partial charge in [0.25, 0.3) is 0 Å². The molecule has 0 spiro atoms. The molecular formula is C18H24N2O2. The predicted molar refractivity (Wildman–Crippen MR) is 86.8 cm³/mol. The molecule has 3 rings (SSSR count). The van der Waals surface area contributed by atoms with Gasteiger partial charge in [-0.3, -0.25) is 9.59 Å². The summed E-state index contributed by atoms with van der Waals surface area (Å²) in [6, 6.07) is 8.30. The third-order valence-corrected chi connectivity index (χ3v) is 4.91. The number of nitrogens with zero attached hydrogens (tertiary/aromatic N) is 2. The molecule has 4 nitrogen and oxygen atoms in total. The maximum absolute atomic E-state index is 12.7. The van der Waals surface area contributed by atoms with E-state index in [0.29, 0.717) is 0 Å². The highest BCUT2D eigenvalue weighted by Gasteiger charge is 2.29. The molecule has 1 aromatic rings. The van der Waals surface area contributed by atoms with Crippen LogP contribution in [0.3, 0.4) is 0 Å². The number of carbonyl (C=O) groups is 2. The lowest BCUT2D eigenvalue weighted by Crippen LogP contribution is -2.47. The van der Waals surface area contributed by atoms with Crippen LogP contribution in [0.25, 0.3) is 0 Å². The van der Waals surface area contributed by atoms with Crippen molar-refractivity contribution < 1.29 is 9.59 Å². The fourth-order valence-electron chi connectivity index (χ4n) is 3.72. The number of amides is 2. The molecule has 1 saturated carbocycles. The largest absolute Gasteiger partial charge is 0.331 e. The Labute approximate surface area is 132 Å². The molecule has 2 aliphatic rings. The SMILES string of the molecule is CC(=O)N(CC(=O)N1CCc2ccccc21)C1CCCCC1. The second kappa shape index (κ2) is 6.51. The van der Waals surface area contributed by atoms with E-state index in [1.54, 1.807) is 11.8 Å². The minimum Gasteiger partial charge on any atom is -0.331 e. The van der Waals surface area contributed by atoms with Gasteiger partial charge >= 0.3 is 0 Å². The number of para-hydroxylation sites is 1. The maximum atomic E-state index is 12.7. The van der Waals surface area contributed by atoms with Crippen molar-refractivity contribution in [3.05, 3.63) is 29.8 Å². The van der Waals surface area contributed by atoms with E-state index >= 15 is 0 Å². The Morgan fingerprint density at radius 2 is 1.91 bits per heavy atom. The number of rotatable bonds is 3. The van der Waals surface area contributed by atoms with Gasteiger partial charge in [-0.25, -0.2) is 0 Å². The van der Waals surface area contributed by atoms with Gasteiger partial charge in [0.15, 0.2) is 0 Å². The summed E-state index contributed by atoms with van der Waals surface area (Å²) >= 11 is 0. The molecule has 0 radical (unpaired) electrons. The first-order valence-corrected chi connectivity index (χ1v) is 8.32. The van der Waals surface area contributed by atoms with Crippen molar-refractivity contribution in [3.63, 3.8) is 0 Å². The monoisotopic (exact) mass is 300 g/mol. The van der Waals surface area contributed by atoms with Gasteiger partial charge in [-0.1, -0.05) is 37.5 Å². The van der Waals surface area contributed by atoms with E-state index in [1.807, 2.05) is 23.1 Å². The summed E-state index contributed by atoms with van der Waals surface area (Å²) in [6.07, 6.45) is 6.54. The van der Waals surface area contributed by atoms with E-state index in [-0.39, 0.29) is 24.4 Å². The van der Waals surface area contributed by atoms with E-state index < -0.39 is 0 Å². The molecule has 0 N–H and O–H groups in total. The first kappa shape index (κ1) is 15.1. The van der Waals surface area contributed by atoms with Crippen LogP contribution in [-0.4, -0.2) is 35.8 Å². The van der Waals surface area contributed by atoms with Crippen molar-refractivity contribution >= 4 is 17.5 Å².